The molecule has 1 aliphatic rings. The molecule has 136 valence electrons. The third-order valence-corrected chi connectivity index (χ3v) is 4.78. The largest absolute Gasteiger partial charge is 0.497 e. The molecule has 1 aliphatic heterocycles. The van der Waals surface area contributed by atoms with Crippen LogP contribution in [-0.2, 0) is 9.59 Å². The number of nitrogens with zero attached hydrogens (tertiary/aromatic N) is 2. The number of aromatic nitrogens is 1. The molecule has 1 unspecified atom stereocenters. The fourth-order valence-corrected chi connectivity index (χ4v) is 3.46. The number of rotatable bonds is 6. The monoisotopic (exact) mass is 373 g/mol. The first kappa shape index (κ1) is 18.1. The molecular weight excluding hydrogens is 354 g/mol. The molecule has 2 amide bonds. The maximum atomic E-state index is 12.8. The SMILES string of the molecule is COc1ccc2c(c1)C(=O)C(=O)N2C(CC(C)C)C(=O)Nc1nccs1. The van der Waals surface area contributed by atoms with E-state index in [1.54, 1.807) is 23.7 Å². The molecule has 1 atom stereocenters. The number of fused-ring (bicyclic) bond motifs is 1. The summed E-state index contributed by atoms with van der Waals surface area (Å²) in [6.45, 7) is 3.92. The van der Waals surface area contributed by atoms with Crippen molar-refractivity contribution in [3.63, 3.8) is 0 Å². The van der Waals surface area contributed by atoms with E-state index in [-0.39, 0.29) is 17.4 Å². The maximum absolute atomic E-state index is 12.8. The van der Waals surface area contributed by atoms with Crippen LogP contribution in [0.2, 0.25) is 0 Å². The molecule has 2 aromatic rings. The first-order chi connectivity index (χ1) is 12.4. The number of carbonyl (C=O) groups is 3. The van der Waals surface area contributed by atoms with Crippen LogP contribution in [0.5, 0.6) is 5.75 Å². The Morgan fingerprint density at radius 3 is 2.73 bits per heavy atom. The van der Waals surface area contributed by atoms with Crippen LogP contribution < -0.4 is 15.0 Å². The summed E-state index contributed by atoms with van der Waals surface area (Å²) in [6.07, 6.45) is 2.01. The molecule has 0 bridgehead atoms. The molecule has 7 nitrogen and oxygen atoms in total. The van der Waals surface area contributed by atoms with Crippen LogP contribution in [0, 0.1) is 5.92 Å². The zero-order valence-corrected chi connectivity index (χ0v) is 15.5. The molecule has 2 heterocycles. The average Bonchev–Trinajstić information content (AvgIpc) is 3.20. The summed E-state index contributed by atoms with van der Waals surface area (Å²) < 4.78 is 5.13. The van der Waals surface area contributed by atoms with E-state index in [2.05, 4.69) is 10.3 Å². The molecule has 1 aromatic carbocycles. The summed E-state index contributed by atoms with van der Waals surface area (Å²) >= 11 is 1.29. The lowest BCUT2D eigenvalue weighted by atomic mass is 10.0. The molecule has 1 N–H and O–H groups in total. The van der Waals surface area contributed by atoms with Crippen LogP contribution in [0.15, 0.2) is 29.8 Å². The lowest BCUT2D eigenvalue weighted by Gasteiger charge is -2.28. The Bertz CT molecular complexity index is 848. The predicted octanol–water partition coefficient (Wildman–Crippen LogP) is 2.73. The van der Waals surface area contributed by atoms with Crippen molar-refractivity contribution in [1.82, 2.24) is 4.98 Å². The number of carbonyl (C=O) groups excluding carboxylic acids is 3. The Morgan fingerprint density at radius 1 is 1.35 bits per heavy atom. The number of Topliss-reactive ketones (excluding diaryl/α,β-unsaturated/α-hetero) is 1. The molecule has 0 fully saturated rings. The van der Waals surface area contributed by atoms with Crippen LogP contribution in [0.3, 0.4) is 0 Å². The van der Waals surface area contributed by atoms with Gasteiger partial charge in [-0.1, -0.05) is 13.8 Å². The minimum Gasteiger partial charge on any atom is -0.497 e. The van der Waals surface area contributed by atoms with E-state index in [0.29, 0.717) is 23.0 Å². The number of hydrogen-bond acceptors (Lipinski definition) is 6. The van der Waals surface area contributed by atoms with Crippen molar-refractivity contribution < 1.29 is 19.1 Å². The Hall–Kier alpha value is -2.74. The summed E-state index contributed by atoms with van der Waals surface area (Å²) in [6, 6.07) is 4.04. The molecule has 0 saturated heterocycles. The van der Waals surface area contributed by atoms with Gasteiger partial charge in [0.1, 0.15) is 11.8 Å². The van der Waals surface area contributed by atoms with Gasteiger partial charge in [-0.2, -0.15) is 0 Å². The fourth-order valence-electron chi connectivity index (χ4n) is 2.93. The minimum absolute atomic E-state index is 0.146. The maximum Gasteiger partial charge on any atom is 0.300 e. The summed E-state index contributed by atoms with van der Waals surface area (Å²) in [7, 11) is 1.49. The molecule has 0 spiro atoms. The van der Waals surface area contributed by atoms with Crippen molar-refractivity contribution in [3.05, 3.63) is 35.3 Å². The zero-order valence-electron chi connectivity index (χ0n) is 14.7. The number of amides is 2. The van der Waals surface area contributed by atoms with Gasteiger partial charge in [0.05, 0.1) is 18.4 Å². The summed E-state index contributed by atoms with van der Waals surface area (Å²) in [5.74, 6) is -1.06. The van der Waals surface area contributed by atoms with Gasteiger partial charge in [-0.15, -0.1) is 11.3 Å². The quantitative estimate of drug-likeness (QED) is 0.787. The highest BCUT2D eigenvalue weighted by Crippen LogP contribution is 2.35. The third-order valence-electron chi connectivity index (χ3n) is 4.09. The lowest BCUT2D eigenvalue weighted by molar-refractivity contribution is -0.121. The highest BCUT2D eigenvalue weighted by atomic mass is 32.1. The van der Waals surface area contributed by atoms with Gasteiger partial charge in [0, 0.05) is 11.6 Å². The smallest absolute Gasteiger partial charge is 0.300 e. The van der Waals surface area contributed by atoms with Crippen molar-refractivity contribution in [2.45, 2.75) is 26.3 Å². The van der Waals surface area contributed by atoms with Crippen LogP contribution in [0.4, 0.5) is 10.8 Å². The molecule has 0 saturated carbocycles. The second kappa shape index (κ2) is 7.25. The first-order valence-electron chi connectivity index (χ1n) is 8.18. The molecule has 1 aromatic heterocycles. The molecular formula is C18H19N3O4S. The number of hydrogen-bond donors (Lipinski definition) is 1. The number of methoxy groups -OCH3 is 1. The van der Waals surface area contributed by atoms with Crippen molar-refractivity contribution in [2.75, 3.05) is 17.3 Å². The van der Waals surface area contributed by atoms with E-state index in [9.17, 15) is 14.4 Å². The molecule has 0 radical (unpaired) electrons. The number of nitrogens with one attached hydrogen (secondary N) is 1. The normalized spacial score (nSPS) is 14.5. The molecule has 8 heteroatoms. The van der Waals surface area contributed by atoms with Gasteiger partial charge in [-0.25, -0.2) is 4.98 Å². The zero-order chi connectivity index (χ0) is 18.8. The topological polar surface area (TPSA) is 88.6 Å². The molecule has 26 heavy (non-hydrogen) atoms. The lowest BCUT2D eigenvalue weighted by Crippen LogP contribution is -2.47. The number of anilines is 2. The van der Waals surface area contributed by atoms with E-state index in [1.807, 2.05) is 13.8 Å². The van der Waals surface area contributed by atoms with Crippen LogP contribution in [-0.4, -0.2) is 35.7 Å². The van der Waals surface area contributed by atoms with Crippen molar-refractivity contribution in [1.29, 1.82) is 0 Å². The highest BCUT2D eigenvalue weighted by Gasteiger charge is 2.43. The van der Waals surface area contributed by atoms with Gasteiger partial charge >= 0.3 is 0 Å². The Labute approximate surface area is 155 Å². The van der Waals surface area contributed by atoms with E-state index >= 15 is 0 Å². The van der Waals surface area contributed by atoms with Crippen LogP contribution >= 0.6 is 11.3 Å². The van der Waals surface area contributed by atoms with Crippen LogP contribution in [0.25, 0.3) is 0 Å². The molecule has 3 rings (SSSR count). The summed E-state index contributed by atoms with van der Waals surface area (Å²) in [4.78, 5) is 43.2. The minimum atomic E-state index is -0.801. The summed E-state index contributed by atoms with van der Waals surface area (Å²) in [5, 5.41) is 4.94. The number of ether oxygens (including phenoxy) is 1. The first-order valence-corrected chi connectivity index (χ1v) is 9.06. The van der Waals surface area contributed by atoms with Gasteiger partial charge in [-0.05, 0) is 30.5 Å². The second-order valence-corrected chi connectivity index (χ2v) is 7.25. The van der Waals surface area contributed by atoms with Gasteiger partial charge < -0.3 is 10.1 Å². The third kappa shape index (κ3) is 3.32. The summed E-state index contributed by atoms with van der Waals surface area (Å²) in [5.41, 5.74) is 0.686. The Balaban J connectivity index is 1.97. The van der Waals surface area contributed by atoms with E-state index in [4.69, 9.17) is 4.74 Å². The predicted molar refractivity (Wildman–Crippen MR) is 98.8 cm³/mol. The second-order valence-electron chi connectivity index (χ2n) is 6.36. The van der Waals surface area contributed by atoms with Crippen molar-refractivity contribution >= 4 is 39.8 Å². The van der Waals surface area contributed by atoms with Crippen molar-refractivity contribution in [3.8, 4) is 5.75 Å². The fraction of sp³-hybridized carbons (Fsp3) is 0.333. The van der Waals surface area contributed by atoms with Gasteiger partial charge in [0.2, 0.25) is 5.91 Å². The van der Waals surface area contributed by atoms with Gasteiger partial charge in [-0.3, -0.25) is 19.3 Å². The van der Waals surface area contributed by atoms with Gasteiger partial charge in [0.15, 0.2) is 5.13 Å². The van der Waals surface area contributed by atoms with E-state index in [1.165, 1.54) is 29.4 Å². The Kier molecular flexibility index (Phi) is 5.03. The van der Waals surface area contributed by atoms with E-state index < -0.39 is 17.7 Å². The average molecular weight is 373 g/mol. The van der Waals surface area contributed by atoms with Gasteiger partial charge in [0.25, 0.3) is 11.7 Å². The number of benzene rings is 1. The van der Waals surface area contributed by atoms with E-state index in [0.717, 1.165) is 0 Å². The van der Waals surface area contributed by atoms with Crippen LogP contribution in [0.1, 0.15) is 30.6 Å². The highest BCUT2D eigenvalue weighted by molar-refractivity contribution is 7.13. The Morgan fingerprint density at radius 2 is 2.12 bits per heavy atom. The number of ketones is 1. The number of thiazole rings is 1. The standard InChI is InChI=1S/C18H19N3O4S/c1-10(2)8-14(16(23)20-18-19-6-7-26-18)21-13-5-4-11(25-3)9-12(13)15(22)17(21)24/h4-7,9-10,14H,8H2,1-3H3,(H,19,20,23). The molecule has 0 aliphatic carbocycles. The van der Waals surface area contributed by atoms with Crippen molar-refractivity contribution in [2.24, 2.45) is 5.92 Å².